The summed E-state index contributed by atoms with van der Waals surface area (Å²) in [4.78, 5) is 7.49. The molecule has 0 amide bonds. The summed E-state index contributed by atoms with van der Waals surface area (Å²) in [5.41, 5.74) is 3.86. The van der Waals surface area contributed by atoms with Crippen molar-refractivity contribution in [2.45, 2.75) is 13.8 Å². The van der Waals surface area contributed by atoms with Crippen molar-refractivity contribution in [3.63, 3.8) is 0 Å². The number of phenols is 1. The van der Waals surface area contributed by atoms with Crippen LogP contribution in [0.15, 0.2) is 24.4 Å². The van der Waals surface area contributed by atoms with E-state index >= 15 is 0 Å². The molecule has 0 aliphatic heterocycles. The lowest BCUT2D eigenvalue weighted by Gasteiger charge is -1.99. The first-order valence-electron chi connectivity index (χ1n) is 5.23. The van der Waals surface area contributed by atoms with Gasteiger partial charge in [0.1, 0.15) is 11.4 Å². The number of nitrogens with one attached hydrogen (secondary N) is 1. The number of hydrogen-bond donors (Lipinski definition) is 2. The Morgan fingerprint density at radius 2 is 2.06 bits per heavy atom. The van der Waals surface area contributed by atoms with E-state index in [2.05, 4.69) is 16.0 Å². The van der Waals surface area contributed by atoms with Crippen LogP contribution in [-0.2, 0) is 0 Å². The van der Waals surface area contributed by atoms with Crippen LogP contribution in [0.25, 0.3) is 21.9 Å². The van der Waals surface area contributed by atoms with Crippen LogP contribution < -0.4 is 0 Å². The van der Waals surface area contributed by atoms with Crippen LogP contribution in [0.3, 0.4) is 0 Å². The van der Waals surface area contributed by atoms with Gasteiger partial charge in [-0.1, -0.05) is 6.07 Å². The topological polar surface area (TPSA) is 48.9 Å². The largest absolute Gasteiger partial charge is 0.506 e. The molecule has 0 aliphatic rings. The fourth-order valence-electron chi connectivity index (χ4n) is 2.15. The van der Waals surface area contributed by atoms with Gasteiger partial charge in [-0.3, -0.25) is 0 Å². The zero-order valence-electron chi connectivity index (χ0n) is 9.20. The summed E-state index contributed by atoms with van der Waals surface area (Å²) in [5.74, 6) is 0.274. The van der Waals surface area contributed by atoms with Gasteiger partial charge in [0.05, 0.1) is 5.52 Å². The summed E-state index contributed by atoms with van der Waals surface area (Å²) in [6.45, 7) is 4.06. The molecule has 0 spiro atoms. The molecule has 2 aromatic heterocycles. The Hall–Kier alpha value is -2.03. The number of nitrogens with zero attached hydrogens (tertiary/aromatic N) is 1. The fraction of sp³-hybridized carbons (Fsp3) is 0.154. The average molecular weight is 212 g/mol. The molecule has 3 nitrogen and oxygen atoms in total. The molecule has 3 aromatic rings. The normalized spacial score (nSPS) is 11.4. The monoisotopic (exact) mass is 212 g/mol. The summed E-state index contributed by atoms with van der Waals surface area (Å²) < 4.78 is 0. The van der Waals surface area contributed by atoms with Gasteiger partial charge < -0.3 is 10.1 Å². The third-order valence-electron chi connectivity index (χ3n) is 2.93. The summed E-state index contributed by atoms with van der Waals surface area (Å²) in [6.07, 6.45) is 1.82. The van der Waals surface area contributed by atoms with E-state index in [4.69, 9.17) is 0 Å². The molecule has 0 saturated carbocycles. The number of H-pyrrole nitrogens is 1. The highest BCUT2D eigenvalue weighted by molar-refractivity contribution is 6.09. The number of aromatic amines is 1. The Morgan fingerprint density at radius 1 is 1.25 bits per heavy atom. The van der Waals surface area contributed by atoms with E-state index in [-0.39, 0.29) is 5.75 Å². The highest BCUT2D eigenvalue weighted by Crippen LogP contribution is 2.32. The van der Waals surface area contributed by atoms with Crippen LogP contribution >= 0.6 is 0 Å². The summed E-state index contributed by atoms with van der Waals surface area (Å²) in [5, 5.41) is 11.9. The highest BCUT2D eigenvalue weighted by atomic mass is 16.3. The molecule has 3 rings (SSSR count). The third kappa shape index (κ3) is 1.11. The second-order valence-electron chi connectivity index (χ2n) is 4.19. The molecule has 80 valence electrons. The van der Waals surface area contributed by atoms with Crippen molar-refractivity contribution in [2.75, 3.05) is 0 Å². The van der Waals surface area contributed by atoms with E-state index in [1.165, 1.54) is 0 Å². The molecule has 0 fully saturated rings. The van der Waals surface area contributed by atoms with E-state index in [0.29, 0.717) is 0 Å². The lowest BCUT2D eigenvalue weighted by atomic mass is 10.1. The SMILES string of the molecule is Cc1cnc2[nH]c3c(O)ccc(C)c3c2c1. The zero-order valence-corrected chi connectivity index (χ0v) is 9.20. The molecule has 0 saturated heterocycles. The molecule has 0 bridgehead atoms. The maximum Gasteiger partial charge on any atom is 0.139 e. The molecule has 0 radical (unpaired) electrons. The van der Waals surface area contributed by atoms with Crippen LogP contribution in [0, 0.1) is 13.8 Å². The quantitative estimate of drug-likeness (QED) is 0.601. The second-order valence-corrected chi connectivity index (χ2v) is 4.19. The molecular formula is C13H12N2O. The Morgan fingerprint density at radius 3 is 2.88 bits per heavy atom. The van der Waals surface area contributed by atoms with Crippen molar-refractivity contribution >= 4 is 21.9 Å². The molecule has 2 heterocycles. The van der Waals surface area contributed by atoms with Gasteiger partial charge in [-0.15, -0.1) is 0 Å². The van der Waals surface area contributed by atoms with Crippen LogP contribution in [0.4, 0.5) is 0 Å². The van der Waals surface area contributed by atoms with Gasteiger partial charge in [-0.25, -0.2) is 4.98 Å². The van der Waals surface area contributed by atoms with Crippen molar-refractivity contribution < 1.29 is 5.11 Å². The summed E-state index contributed by atoms with van der Waals surface area (Å²) in [7, 11) is 0. The first-order valence-corrected chi connectivity index (χ1v) is 5.23. The van der Waals surface area contributed by atoms with Crippen LogP contribution in [0.5, 0.6) is 5.75 Å². The number of aromatic nitrogens is 2. The van der Waals surface area contributed by atoms with E-state index in [1.54, 1.807) is 6.07 Å². The minimum atomic E-state index is 0.274. The van der Waals surface area contributed by atoms with Gasteiger partial charge in [0.2, 0.25) is 0 Å². The second kappa shape index (κ2) is 2.98. The van der Waals surface area contributed by atoms with Gasteiger partial charge in [0.25, 0.3) is 0 Å². The van der Waals surface area contributed by atoms with Crippen LogP contribution in [0.2, 0.25) is 0 Å². The highest BCUT2D eigenvalue weighted by Gasteiger charge is 2.10. The van der Waals surface area contributed by atoms with E-state index in [9.17, 15) is 5.11 Å². The van der Waals surface area contributed by atoms with Gasteiger partial charge in [-0.2, -0.15) is 0 Å². The predicted molar refractivity (Wildman–Crippen MR) is 64.7 cm³/mol. The number of pyridine rings is 1. The van der Waals surface area contributed by atoms with Crippen molar-refractivity contribution in [3.05, 3.63) is 35.5 Å². The predicted octanol–water partition coefficient (Wildman–Crippen LogP) is 3.04. The summed E-state index contributed by atoms with van der Waals surface area (Å²) >= 11 is 0. The number of aryl methyl sites for hydroxylation is 2. The smallest absolute Gasteiger partial charge is 0.139 e. The minimum Gasteiger partial charge on any atom is -0.506 e. The van der Waals surface area contributed by atoms with Gasteiger partial charge in [-0.05, 0) is 37.1 Å². The Bertz CT molecular complexity index is 698. The molecule has 0 aliphatic carbocycles. The van der Waals surface area contributed by atoms with E-state index in [0.717, 1.165) is 33.1 Å². The van der Waals surface area contributed by atoms with Crippen LogP contribution in [-0.4, -0.2) is 15.1 Å². The van der Waals surface area contributed by atoms with Crippen molar-refractivity contribution in [1.82, 2.24) is 9.97 Å². The molecule has 3 heteroatoms. The van der Waals surface area contributed by atoms with Gasteiger partial charge in [0, 0.05) is 17.0 Å². The van der Waals surface area contributed by atoms with E-state index < -0.39 is 0 Å². The molecular weight excluding hydrogens is 200 g/mol. The average Bonchev–Trinajstić information content (AvgIpc) is 2.63. The molecule has 16 heavy (non-hydrogen) atoms. The van der Waals surface area contributed by atoms with Gasteiger partial charge in [0.15, 0.2) is 0 Å². The Kier molecular flexibility index (Phi) is 1.72. The molecule has 0 unspecified atom stereocenters. The first-order chi connectivity index (χ1) is 7.66. The standard InChI is InChI=1S/C13H12N2O/c1-7-5-9-11-8(2)3-4-10(16)12(11)15-13(9)14-6-7/h3-6,16H,1-2H3,(H,14,15). The first kappa shape index (κ1) is 9.21. The van der Waals surface area contributed by atoms with Crippen molar-refractivity contribution in [2.24, 2.45) is 0 Å². The fourth-order valence-corrected chi connectivity index (χ4v) is 2.15. The lowest BCUT2D eigenvalue weighted by molar-refractivity contribution is 0.480. The number of phenolic OH excluding ortho intramolecular Hbond substituents is 1. The van der Waals surface area contributed by atoms with Crippen molar-refractivity contribution in [3.8, 4) is 5.75 Å². The number of benzene rings is 1. The maximum atomic E-state index is 9.81. The number of fused-ring (bicyclic) bond motifs is 3. The Labute approximate surface area is 92.7 Å². The third-order valence-corrected chi connectivity index (χ3v) is 2.93. The zero-order chi connectivity index (χ0) is 11.3. The summed E-state index contributed by atoms with van der Waals surface area (Å²) in [6, 6.07) is 5.72. The molecule has 0 atom stereocenters. The molecule has 2 N–H and O–H groups in total. The van der Waals surface area contributed by atoms with Gasteiger partial charge >= 0.3 is 0 Å². The number of hydrogen-bond acceptors (Lipinski definition) is 2. The van der Waals surface area contributed by atoms with Crippen molar-refractivity contribution in [1.29, 1.82) is 0 Å². The minimum absolute atomic E-state index is 0.274. The Balaban J connectivity index is 2.62. The lowest BCUT2D eigenvalue weighted by Crippen LogP contribution is -1.78. The number of rotatable bonds is 0. The molecule has 1 aromatic carbocycles. The maximum absolute atomic E-state index is 9.81. The number of aromatic hydroxyl groups is 1. The van der Waals surface area contributed by atoms with Crippen LogP contribution in [0.1, 0.15) is 11.1 Å². The van der Waals surface area contributed by atoms with E-state index in [1.807, 2.05) is 26.1 Å².